The van der Waals surface area contributed by atoms with Gasteiger partial charge in [0, 0.05) is 44.6 Å². The maximum atomic E-state index is 12.0. The summed E-state index contributed by atoms with van der Waals surface area (Å²) >= 11 is 0. The number of nitrogens with zero attached hydrogens (tertiary/aromatic N) is 5. The monoisotopic (exact) mass is 329 g/mol. The van der Waals surface area contributed by atoms with Gasteiger partial charge in [-0.25, -0.2) is 0 Å². The van der Waals surface area contributed by atoms with E-state index < -0.39 is 0 Å². The van der Waals surface area contributed by atoms with Crippen LogP contribution in [0.15, 0.2) is 30.7 Å². The van der Waals surface area contributed by atoms with E-state index in [1.165, 1.54) is 12.8 Å². The number of carbonyl (C=O) groups is 1. The summed E-state index contributed by atoms with van der Waals surface area (Å²) in [6.45, 7) is 5.08. The molecule has 2 N–H and O–H groups in total. The standard InChI is InChI=1S/C16H23N7O/c1-13(23-10-4-5-20-23)16(24)18-7-6-17-15-11-14(12-19-21-15)22-8-2-3-9-22/h4-5,10-13H,2-3,6-9H2,1H3,(H,17,21)(H,18,24). The number of hydrogen-bond acceptors (Lipinski definition) is 6. The third kappa shape index (κ3) is 4.01. The van der Waals surface area contributed by atoms with Crippen molar-refractivity contribution >= 4 is 17.4 Å². The van der Waals surface area contributed by atoms with Crippen LogP contribution in [0.25, 0.3) is 0 Å². The minimum absolute atomic E-state index is 0.0580. The van der Waals surface area contributed by atoms with E-state index in [4.69, 9.17) is 0 Å². The number of hydrogen-bond donors (Lipinski definition) is 2. The molecule has 1 aliphatic rings. The van der Waals surface area contributed by atoms with Crippen LogP contribution in [-0.4, -0.2) is 52.1 Å². The van der Waals surface area contributed by atoms with E-state index in [1.807, 2.05) is 13.0 Å². The van der Waals surface area contributed by atoms with Crippen molar-refractivity contribution in [1.82, 2.24) is 25.3 Å². The average molecular weight is 329 g/mol. The lowest BCUT2D eigenvalue weighted by Gasteiger charge is -2.17. The van der Waals surface area contributed by atoms with Gasteiger partial charge in [0.15, 0.2) is 5.82 Å². The van der Waals surface area contributed by atoms with Gasteiger partial charge in [-0.2, -0.15) is 10.2 Å². The second-order valence-electron chi connectivity index (χ2n) is 5.87. The molecule has 1 amide bonds. The second kappa shape index (κ2) is 7.76. The molecular formula is C16H23N7O. The molecule has 0 aliphatic carbocycles. The molecule has 128 valence electrons. The summed E-state index contributed by atoms with van der Waals surface area (Å²) in [5.74, 6) is 0.672. The van der Waals surface area contributed by atoms with Crippen LogP contribution in [0.3, 0.4) is 0 Å². The number of amides is 1. The van der Waals surface area contributed by atoms with E-state index in [9.17, 15) is 4.79 Å². The molecule has 8 heteroatoms. The lowest BCUT2D eigenvalue weighted by atomic mass is 10.3. The maximum absolute atomic E-state index is 12.0. The van der Waals surface area contributed by atoms with Gasteiger partial charge in [-0.05, 0) is 25.8 Å². The van der Waals surface area contributed by atoms with Gasteiger partial charge >= 0.3 is 0 Å². The fourth-order valence-electron chi connectivity index (χ4n) is 2.74. The smallest absolute Gasteiger partial charge is 0.244 e. The first-order valence-electron chi connectivity index (χ1n) is 8.32. The molecule has 3 rings (SSSR count). The lowest BCUT2D eigenvalue weighted by Crippen LogP contribution is -2.34. The highest BCUT2D eigenvalue weighted by atomic mass is 16.2. The minimum atomic E-state index is -0.321. The van der Waals surface area contributed by atoms with Gasteiger partial charge in [-0.1, -0.05) is 0 Å². The number of anilines is 2. The SMILES string of the molecule is CC(C(=O)NCCNc1cc(N2CCCC2)cnn1)n1cccn1. The van der Waals surface area contributed by atoms with Gasteiger partial charge in [-0.3, -0.25) is 9.48 Å². The fraction of sp³-hybridized carbons (Fsp3) is 0.500. The summed E-state index contributed by atoms with van der Waals surface area (Å²) in [7, 11) is 0. The van der Waals surface area contributed by atoms with Gasteiger partial charge in [0.2, 0.25) is 5.91 Å². The highest BCUT2D eigenvalue weighted by Gasteiger charge is 2.15. The Morgan fingerprint density at radius 1 is 1.33 bits per heavy atom. The number of carbonyl (C=O) groups excluding carboxylic acids is 1. The summed E-state index contributed by atoms with van der Waals surface area (Å²) in [6, 6.07) is 3.49. The number of rotatable bonds is 7. The van der Waals surface area contributed by atoms with Crippen molar-refractivity contribution < 1.29 is 4.79 Å². The van der Waals surface area contributed by atoms with E-state index in [2.05, 4.69) is 30.8 Å². The topological polar surface area (TPSA) is 88.0 Å². The summed E-state index contributed by atoms with van der Waals surface area (Å²) in [5, 5.41) is 18.3. The Labute approximate surface area is 141 Å². The average Bonchev–Trinajstić information content (AvgIpc) is 3.31. The van der Waals surface area contributed by atoms with Crippen LogP contribution < -0.4 is 15.5 Å². The Balaban J connectivity index is 1.43. The Morgan fingerprint density at radius 2 is 2.17 bits per heavy atom. The molecule has 0 spiro atoms. The highest BCUT2D eigenvalue weighted by Crippen LogP contribution is 2.20. The van der Waals surface area contributed by atoms with Crippen molar-refractivity contribution in [3.8, 4) is 0 Å². The molecule has 1 saturated heterocycles. The molecule has 24 heavy (non-hydrogen) atoms. The van der Waals surface area contributed by atoms with Crippen molar-refractivity contribution in [1.29, 1.82) is 0 Å². The molecule has 1 atom stereocenters. The molecule has 1 aliphatic heterocycles. The molecule has 2 aromatic rings. The molecule has 8 nitrogen and oxygen atoms in total. The van der Waals surface area contributed by atoms with Crippen LogP contribution in [0.4, 0.5) is 11.5 Å². The van der Waals surface area contributed by atoms with E-state index >= 15 is 0 Å². The van der Waals surface area contributed by atoms with Crippen LogP contribution in [-0.2, 0) is 4.79 Å². The fourth-order valence-corrected chi connectivity index (χ4v) is 2.74. The van der Waals surface area contributed by atoms with Crippen LogP contribution in [0.1, 0.15) is 25.8 Å². The molecule has 0 bridgehead atoms. The zero-order valence-electron chi connectivity index (χ0n) is 13.9. The molecule has 3 heterocycles. The largest absolute Gasteiger partial charge is 0.370 e. The van der Waals surface area contributed by atoms with Crippen LogP contribution in [0, 0.1) is 0 Å². The van der Waals surface area contributed by atoms with Gasteiger partial charge in [0.05, 0.1) is 11.9 Å². The second-order valence-corrected chi connectivity index (χ2v) is 5.87. The summed E-state index contributed by atoms with van der Waals surface area (Å²) in [6.07, 6.45) is 7.69. The first-order chi connectivity index (χ1) is 11.7. The maximum Gasteiger partial charge on any atom is 0.244 e. The Morgan fingerprint density at radius 3 is 2.92 bits per heavy atom. The van der Waals surface area contributed by atoms with Crippen molar-refractivity contribution in [2.75, 3.05) is 36.4 Å². The van der Waals surface area contributed by atoms with Gasteiger partial charge in [-0.15, -0.1) is 5.10 Å². The first-order valence-corrected chi connectivity index (χ1v) is 8.32. The van der Waals surface area contributed by atoms with Crippen LogP contribution in [0.5, 0.6) is 0 Å². The normalized spacial score (nSPS) is 15.3. The molecule has 0 radical (unpaired) electrons. The number of aromatic nitrogens is 4. The zero-order valence-corrected chi connectivity index (χ0v) is 13.9. The van der Waals surface area contributed by atoms with Gasteiger partial charge in [0.25, 0.3) is 0 Å². The Hall–Kier alpha value is -2.64. The predicted octanol–water partition coefficient (Wildman–Crippen LogP) is 1.06. The van der Waals surface area contributed by atoms with Crippen molar-refractivity contribution in [2.24, 2.45) is 0 Å². The summed E-state index contributed by atoms with van der Waals surface area (Å²) in [5.41, 5.74) is 1.10. The molecule has 0 aromatic carbocycles. The third-order valence-electron chi connectivity index (χ3n) is 4.14. The zero-order chi connectivity index (χ0) is 16.8. The molecule has 0 saturated carbocycles. The Kier molecular flexibility index (Phi) is 5.25. The summed E-state index contributed by atoms with van der Waals surface area (Å²) < 4.78 is 1.63. The minimum Gasteiger partial charge on any atom is -0.370 e. The van der Waals surface area contributed by atoms with E-state index in [0.29, 0.717) is 13.1 Å². The van der Waals surface area contributed by atoms with Gasteiger partial charge < -0.3 is 15.5 Å². The van der Waals surface area contributed by atoms with Crippen LogP contribution >= 0.6 is 0 Å². The molecule has 1 unspecified atom stereocenters. The van der Waals surface area contributed by atoms with Crippen LogP contribution in [0.2, 0.25) is 0 Å². The number of nitrogens with one attached hydrogen (secondary N) is 2. The Bertz CT molecular complexity index is 652. The molecule has 1 fully saturated rings. The van der Waals surface area contributed by atoms with E-state index in [1.54, 1.807) is 29.3 Å². The van der Waals surface area contributed by atoms with E-state index in [0.717, 1.165) is 24.6 Å². The van der Waals surface area contributed by atoms with Crippen molar-refractivity contribution in [3.63, 3.8) is 0 Å². The summed E-state index contributed by atoms with van der Waals surface area (Å²) in [4.78, 5) is 14.4. The van der Waals surface area contributed by atoms with Gasteiger partial charge in [0.1, 0.15) is 6.04 Å². The quantitative estimate of drug-likeness (QED) is 0.739. The van der Waals surface area contributed by atoms with E-state index in [-0.39, 0.29) is 11.9 Å². The highest BCUT2D eigenvalue weighted by molar-refractivity contribution is 5.79. The third-order valence-corrected chi connectivity index (χ3v) is 4.14. The van der Waals surface area contributed by atoms with Crippen molar-refractivity contribution in [3.05, 3.63) is 30.7 Å². The van der Waals surface area contributed by atoms with Crippen molar-refractivity contribution in [2.45, 2.75) is 25.8 Å². The predicted molar refractivity (Wildman–Crippen MR) is 91.9 cm³/mol. The molecule has 2 aromatic heterocycles. The first kappa shape index (κ1) is 16.2. The lowest BCUT2D eigenvalue weighted by molar-refractivity contribution is -0.124. The molecular weight excluding hydrogens is 306 g/mol.